The molecule has 0 heteroatoms. The van der Waals surface area contributed by atoms with E-state index in [1.165, 1.54) is 44.5 Å². The fourth-order valence-corrected chi connectivity index (χ4v) is 11.8. The van der Waals surface area contributed by atoms with Gasteiger partial charge in [0, 0.05) is 0 Å². The molecule has 0 aliphatic rings. The molecule has 0 saturated heterocycles. The summed E-state index contributed by atoms with van der Waals surface area (Å²) in [5, 5.41) is 0. The van der Waals surface area contributed by atoms with Crippen molar-refractivity contribution in [3.8, 4) is 0 Å². The molecule has 0 amide bonds. The van der Waals surface area contributed by atoms with Crippen LogP contribution in [0, 0.1) is 0 Å². The lowest BCUT2D eigenvalue weighted by Crippen LogP contribution is -2.10. The van der Waals surface area contributed by atoms with Gasteiger partial charge in [-0.2, -0.15) is 0 Å². The lowest BCUT2D eigenvalue weighted by molar-refractivity contribution is 0.557. The van der Waals surface area contributed by atoms with E-state index < -0.39 is 0 Å². The van der Waals surface area contributed by atoms with Crippen LogP contribution in [0.3, 0.4) is 0 Å². The molecule has 0 nitrogen and oxygen atoms in total. The molecule has 9 aromatic carbocycles. The Labute approximate surface area is 445 Å². The van der Waals surface area contributed by atoms with Crippen LogP contribution in [-0.4, -0.2) is 0 Å². The van der Waals surface area contributed by atoms with Gasteiger partial charge in [-0.05, 0) is 193 Å². The van der Waals surface area contributed by atoms with Gasteiger partial charge in [-0.3, -0.25) is 0 Å². The van der Waals surface area contributed by atoms with E-state index in [4.69, 9.17) is 0 Å². The maximum Gasteiger partial charge on any atom is -0.0156 e. The van der Waals surface area contributed by atoms with Crippen LogP contribution in [0.1, 0.15) is 142 Å². The highest BCUT2D eigenvalue weighted by Gasteiger charge is 2.21. The molecule has 0 radical (unpaired) electrons. The van der Waals surface area contributed by atoms with Crippen LogP contribution in [0.25, 0.3) is 0 Å². The molecular formula is C74H78. The van der Waals surface area contributed by atoms with E-state index in [0.717, 1.165) is 103 Å². The Bertz CT molecular complexity index is 2510. The van der Waals surface area contributed by atoms with Crippen molar-refractivity contribution in [1.29, 1.82) is 0 Å². The summed E-state index contributed by atoms with van der Waals surface area (Å²) in [5.74, 6) is 1.91. The summed E-state index contributed by atoms with van der Waals surface area (Å²) < 4.78 is 0. The molecule has 0 heterocycles. The molecule has 0 saturated carbocycles. The number of benzene rings is 9. The van der Waals surface area contributed by atoms with Gasteiger partial charge in [-0.15, -0.1) is 0 Å². The Morgan fingerprint density at radius 2 is 0.338 bits per heavy atom. The third kappa shape index (κ3) is 16.0. The Kier molecular flexibility index (Phi) is 19.9. The standard InChI is InChI=1S/C74H78/c1-9-25-59(26-10-1)41-45-67(63-33-17-5-18-34-63)49-53-71-57-73(55-51-69(65-37-21-7-22-38-65)47-43-61-29-13-3-14-30-61)74(56-52-70(66-39-23-8-24-40-66)48-44-62-31-15-4-16-32-62)58-72(71)54-50-68(64-35-19-6-20-36-64)46-42-60-27-11-2-12-28-60/h1-40,57-58,67-70H,41-56H2. The molecular weight excluding hydrogens is 889 g/mol. The van der Waals surface area contributed by atoms with Gasteiger partial charge in [0.05, 0.1) is 0 Å². The monoisotopic (exact) mass is 967 g/mol. The summed E-state index contributed by atoms with van der Waals surface area (Å²) >= 11 is 0. The molecule has 0 bridgehead atoms. The molecule has 374 valence electrons. The molecule has 4 atom stereocenters. The summed E-state index contributed by atoms with van der Waals surface area (Å²) in [4.78, 5) is 0. The van der Waals surface area contributed by atoms with Gasteiger partial charge in [-0.1, -0.05) is 255 Å². The summed E-state index contributed by atoms with van der Waals surface area (Å²) in [6.45, 7) is 0. The first kappa shape index (κ1) is 51.9. The molecule has 4 unspecified atom stereocenters. The number of hydrogen-bond donors (Lipinski definition) is 0. The smallest absolute Gasteiger partial charge is 0.0156 e. The predicted octanol–water partition coefficient (Wildman–Crippen LogP) is 19.1. The minimum atomic E-state index is 0.479. The van der Waals surface area contributed by atoms with Crippen LogP contribution < -0.4 is 0 Å². The van der Waals surface area contributed by atoms with E-state index in [1.54, 1.807) is 22.3 Å². The lowest BCUT2D eigenvalue weighted by Gasteiger charge is -2.24. The van der Waals surface area contributed by atoms with Gasteiger partial charge in [0.1, 0.15) is 0 Å². The van der Waals surface area contributed by atoms with Gasteiger partial charge in [0.25, 0.3) is 0 Å². The maximum absolute atomic E-state index is 2.74. The second kappa shape index (κ2) is 28.4. The second-order valence-electron chi connectivity index (χ2n) is 21.1. The highest BCUT2D eigenvalue weighted by molar-refractivity contribution is 5.41. The van der Waals surface area contributed by atoms with Crippen LogP contribution >= 0.6 is 0 Å². The van der Waals surface area contributed by atoms with Crippen LogP contribution in [0.2, 0.25) is 0 Å². The molecule has 0 aliphatic carbocycles. The first-order valence-corrected chi connectivity index (χ1v) is 28.2. The molecule has 0 spiro atoms. The Morgan fingerprint density at radius 3 is 0.527 bits per heavy atom. The van der Waals surface area contributed by atoms with E-state index in [9.17, 15) is 0 Å². The van der Waals surface area contributed by atoms with Gasteiger partial charge >= 0.3 is 0 Å². The van der Waals surface area contributed by atoms with Crippen LogP contribution in [0.15, 0.2) is 255 Å². The molecule has 9 aromatic rings. The zero-order valence-electron chi connectivity index (χ0n) is 43.9. The van der Waals surface area contributed by atoms with Gasteiger partial charge in [0.15, 0.2) is 0 Å². The first-order chi connectivity index (χ1) is 36.7. The zero-order valence-corrected chi connectivity index (χ0v) is 43.9. The quantitative estimate of drug-likeness (QED) is 0.0459. The highest BCUT2D eigenvalue weighted by Crippen LogP contribution is 2.36. The number of aryl methyl sites for hydroxylation is 8. The third-order valence-corrected chi connectivity index (χ3v) is 16.2. The van der Waals surface area contributed by atoms with E-state index in [0.29, 0.717) is 23.7 Å². The lowest BCUT2D eigenvalue weighted by atomic mass is 9.81. The molecule has 74 heavy (non-hydrogen) atoms. The number of rotatable bonds is 28. The molecule has 0 aromatic heterocycles. The average Bonchev–Trinajstić information content (AvgIpc) is 3.47. The molecule has 0 aliphatic heterocycles. The molecule has 0 fully saturated rings. The van der Waals surface area contributed by atoms with Gasteiger partial charge < -0.3 is 0 Å². The normalized spacial score (nSPS) is 13.0. The fourth-order valence-electron chi connectivity index (χ4n) is 11.8. The van der Waals surface area contributed by atoms with Crippen molar-refractivity contribution in [3.63, 3.8) is 0 Å². The zero-order chi connectivity index (χ0) is 50.2. The van der Waals surface area contributed by atoms with Crippen molar-refractivity contribution in [3.05, 3.63) is 322 Å². The van der Waals surface area contributed by atoms with E-state index >= 15 is 0 Å². The molecule has 9 rings (SSSR count). The maximum atomic E-state index is 2.74. The highest BCUT2D eigenvalue weighted by atomic mass is 14.3. The summed E-state index contributed by atoms with van der Waals surface area (Å²) in [7, 11) is 0. The predicted molar refractivity (Wildman–Crippen MR) is 316 cm³/mol. The Morgan fingerprint density at radius 1 is 0.176 bits per heavy atom. The third-order valence-electron chi connectivity index (χ3n) is 16.2. The van der Waals surface area contributed by atoms with E-state index in [2.05, 4.69) is 255 Å². The van der Waals surface area contributed by atoms with Gasteiger partial charge in [-0.25, -0.2) is 0 Å². The summed E-state index contributed by atoms with van der Waals surface area (Å²) in [5.41, 5.74) is 17.9. The van der Waals surface area contributed by atoms with Crippen molar-refractivity contribution in [1.82, 2.24) is 0 Å². The second-order valence-corrected chi connectivity index (χ2v) is 21.1. The Balaban J connectivity index is 1.07. The van der Waals surface area contributed by atoms with Crippen molar-refractivity contribution in [2.24, 2.45) is 0 Å². The minimum absolute atomic E-state index is 0.479. The minimum Gasteiger partial charge on any atom is -0.0622 e. The van der Waals surface area contributed by atoms with Crippen molar-refractivity contribution in [2.75, 3.05) is 0 Å². The Hall–Kier alpha value is -7.02. The van der Waals surface area contributed by atoms with Crippen LogP contribution in [-0.2, 0) is 51.4 Å². The SMILES string of the molecule is c1ccc(CCC(CCc2cc(CCC(CCc3ccccc3)c3ccccc3)c(CCC(CCc3ccccc3)c3ccccc3)cc2CCC(CCc2ccccc2)c2ccccc2)c2ccccc2)cc1. The van der Waals surface area contributed by atoms with Crippen molar-refractivity contribution >= 4 is 0 Å². The topological polar surface area (TPSA) is 0 Å². The van der Waals surface area contributed by atoms with Crippen molar-refractivity contribution < 1.29 is 0 Å². The van der Waals surface area contributed by atoms with E-state index in [1.807, 2.05) is 0 Å². The summed E-state index contributed by atoms with van der Waals surface area (Å²) in [6, 6.07) is 95.7. The molecule has 0 N–H and O–H groups in total. The first-order valence-electron chi connectivity index (χ1n) is 28.2. The van der Waals surface area contributed by atoms with Crippen LogP contribution in [0.4, 0.5) is 0 Å². The van der Waals surface area contributed by atoms with E-state index in [-0.39, 0.29) is 0 Å². The largest absolute Gasteiger partial charge is 0.0622 e. The summed E-state index contributed by atoms with van der Waals surface area (Å²) in [6.07, 6.45) is 17.8. The van der Waals surface area contributed by atoms with Gasteiger partial charge in [0.2, 0.25) is 0 Å². The van der Waals surface area contributed by atoms with Crippen LogP contribution in [0.5, 0.6) is 0 Å². The number of hydrogen-bond acceptors (Lipinski definition) is 0. The fraction of sp³-hybridized carbons (Fsp3) is 0.270. The average molecular weight is 967 g/mol. The van der Waals surface area contributed by atoms with Crippen molar-refractivity contribution in [2.45, 2.75) is 126 Å².